The van der Waals surface area contributed by atoms with Crippen LogP contribution in [0.5, 0.6) is 0 Å². The highest BCUT2D eigenvalue weighted by atomic mass is 32.2. The molecule has 8 nitrogen and oxygen atoms in total. The number of nitrogens with two attached hydrogens (primary N) is 1. The Bertz CT molecular complexity index is 918. The van der Waals surface area contributed by atoms with Crippen LogP contribution in [0.4, 0.5) is 11.8 Å². The van der Waals surface area contributed by atoms with Crippen LogP contribution in [-0.2, 0) is 19.4 Å². The Labute approximate surface area is 158 Å². The summed E-state index contributed by atoms with van der Waals surface area (Å²) in [6, 6.07) is 8.01. The third-order valence-electron chi connectivity index (χ3n) is 4.44. The maximum absolute atomic E-state index is 12.7. The molecule has 0 saturated carbocycles. The standard InChI is InChI=1S/C18H22N4O4S/c1-2-26-17(23)13-7-6-10-22(12-13)18-20-11-15(16(19)21-18)27(24,25)14-8-4-3-5-9-14/h3-5,8-9,11,13H,2,6-7,10,12H2,1H3,(H2,19,20,21)/t13-/m1/s1. The number of sulfone groups is 1. The van der Waals surface area contributed by atoms with Gasteiger partial charge in [-0.2, -0.15) is 4.98 Å². The van der Waals surface area contributed by atoms with Crippen LogP contribution in [0.2, 0.25) is 0 Å². The van der Waals surface area contributed by atoms with Gasteiger partial charge < -0.3 is 15.4 Å². The normalized spacial score (nSPS) is 17.5. The van der Waals surface area contributed by atoms with Gasteiger partial charge >= 0.3 is 5.97 Å². The Hall–Kier alpha value is -2.68. The van der Waals surface area contributed by atoms with Gasteiger partial charge in [0.1, 0.15) is 10.7 Å². The van der Waals surface area contributed by atoms with E-state index in [1.807, 2.05) is 4.90 Å². The van der Waals surface area contributed by atoms with Crippen LogP contribution in [0, 0.1) is 5.92 Å². The zero-order chi connectivity index (χ0) is 19.4. The van der Waals surface area contributed by atoms with E-state index in [0.29, 0.717) is 25.6 Å². The summed E-state index contributed by atoms with van der Waals surface area (Å²) in [6.07, 6.45) is 2.76. The molecule has 0 bridgehead atoms. The molecule has 1 fully saturated rings. The van der Waals surface area contributed by atoms with E-state index in [9.17, 15) is 13.2 Å². The van der Waals surface area contributed by atoms with E-state index in [1.54, 1.807) is 25.1 Å². The van der Waals surface area contributed by atoms with Crippen LogP contribution in [-0.4, -0.2) is 44.1 Å². The van der Waals surface area contributed by atoms with Gasteiger partial charge in [-0.1, -0.05) is 18.2 Å². The second kappa shape index (κ2) is 7.91. The smallest absolute Gasteiger partial charge is 0.310 e. The highest BCUT2D eigenvalue weighted by Gasteiger charge is 2.29. The van der Waals surface area contributed by atoms with Gasteiger partial charge in [0, 0.05) is 13.1 Å². The molecule has 9 heteroatoms. The molecular formula is C18H22N4O4S. The first-order valence-electron chi connectivity index (χ1n) is 8.77. The number of anilines is 2. The maximum atomic E-state index is 12.7. The molecule has 27 heavy (non-hydrogen) atoms. The van der Waals surface area contributed by atoms with E-state index in [-0.39, 0.29) is 27.5 Å². The van der Waals surface area contributed by atoms with E-state index in [4.69, 9.17) is 10.5 Å². The molecule has 2 N–H and O–H groups in total. The number of ether oxygens (including phenoxy) is 1. The van der Waals surface area contributed by atoms with E-state index in [2.05, 4.69) is 9.97 Å². The Morgan fingerprint density at radius 3 is 2.74 bits per heavy atom. The lowest BCUT2D eigenvalue weighted by molar-refractivity contribution is -0.148. The molecule has 1 aliphatic rings. The van der Waals surface area contributed by atoms with Crippen molar-refractivity contribution in [2.24, 2.45) is 5.92 Å². The topological polar surface area (TPSA) is 115 Å². The van der Waals surface area contributed by atoms with Crippen LogP contribution in [0.1, 0.15) is 19.8 Å². The van der Waals surface area contributed by atoms with E-state index in [1.165, 1.54) is 18.3 Å². The molecule has 3 rings (SSSR count). The fourth-order valence-electron chi connectivity index (χ4n) is 3.07. The van der Waals surface area contributed by atoms with Gasteiger partial charge in [-0.25, -0.2) is 13.4 Å². The predicted molar refractivity (Wildman–Crippen MR) is 99.9 cm³/mol. The summed E-state index contributed by atoms with van der Waals surface area (Å²) in [5.74, 6) is -0.287. The molecule has 0 radical (unpaired) electrons. The number of hydrogen-bond acceptors (Lipinski definition) is 8. The number of benzene rings is 1. The fourth-order valence-corrected chi connectivity index (χ4v) is 4.35. The zero-order valence-electron chi connectivity index (χ0n) is 15.0. The van der Waals surface area contributed by atoms with Gasteiger partial charge in [-0.3, -0.25) is 4.79 Å². The number of hydrogen-bond donors (Lipinski definition) is 1. The second-order valence-electron chi connectivity index (χ2n) is 6.27. The summed E-state index contributed by atoms with van der Waals surface area (Å²) in [5, 5.41) is 0. The Morgan fingerprint density at radius 2 is 2.07 bits per heavy atom. The molecule has 144 valence electrons. The average molecular weight is 390 g/mol. The number of carbonyl (C=O) groups excluding carboxylic acids is 1. The molecule has 1 aromatic carbocycles. The highest BCUT2D eigenvalue weighted by molar-refractivity contribution is 7.91. The van der Waals surface area contributed by atoms with Crippen LogP contribution in [0.3, 0.4) is 0 Å². The summed E-state index contributed by atoms with van der Waals surface area (Å²) >= 11 is 0. The Kier molecular flexibility index (Phi) is 5.59. The first-order chi connectivity index (χ1) is 12.9. The van der Waals surface area contributed by atoms with Crippen molar-refractivity contribution in [1.29, 1.82) is 0 Å². The minimum absolute atomic E-state index is 0.109. The van der Waals surface area contributed by atoms with Crippen molar-refractivity contribution in [2.75, 3.05) is 30.3 Å². The van der Waals surface area contributed by atoms with E-state index in [0.717, 1.165) is 12.8 Å². The molecule has 1 saturated heterocycles. The molecule has 1 aliphatic heterocycles. The average Bonchev–Trinajstić information content (AvgIpc) is 2.68. The molecular weight excluding hydrogens is 368 g/mol. The zero-order valence-corrected chi connectivity index (χ0v) is 15.9. The number of nitrogen functional groups attached to an aromatic ring is 1. The van der Waals surface area contributed by atoms with Crippen molar-refractivity contribution in [3.05, 3.63) is 36.5 Å². The van der Waals surface area contributed by atoms with Gasteiger partial charge in [0.2, 0.25) is 15.8 Å². The van der Waals surface area contributed by atoms with Crippen LogP contribution < -0.4 is 10.6 Å². The monoisotopic (exact) mass is 390 g/mol. The van der Waals surface area contributed by atoms with Gasteiger partial charge in [0.15, 0.2) is 0 Å². The molecule has 1 aromatic heterocycles. The SMILES string of the molecule is CCOC(=O)[C@@H]1CCCN(c2ncc(S(=O)(=O)c3ccccc3)c(N)n2)C1. The van der Waals surface area contributed by atoms with Crippen LogP contribution >= 0.6 is 0 Å². The van der Waals surface area contributed by atoms with Crippen molar-refractivity contribution >= 4 is 27.6 Å². The predicted octanol–water partition coefficient (Wildman–Crippen LogP) is 1.67. The lowest BCUT2D eigenvalue weighted by Crippen LogP contribution is -2.40. The number of carbonyl (C=O) groups is 1. The molecule has 2 heterocycles. The first-order valence-corrected chi connectivity index (χ1v) is 10.3. The van der Waals surface area contributed by atoms with Gasteiger partial charge in [0.25, 0.3) is 0 Å². The third kappa shape index (κ3) is 4.02. The Balaban J connectivity index is 1.84. The lowest BCUT2D eigenvalue weighted by Gasteiger charge is -2.31. The molecule has 2 aromatic rings. The molecule has 0 amide bonds. The molecule has 0 aliphatic carbocycles. The number of nitrogens with zero attached hydrogens (tertiary/aromatic N) is 3. The van der Waals surface area contributed by atoms with Gasteiger partial charge in [-0.15, -0.1) is 0 Å². The van der Waals surface area contributed by atoms with Crippen molar-refractivity contribution < 1.29 is 17.9 Å². The van der Waals surface area contributed by atoms with E-state index >= 15 is 0 Å². The largest absolute Gasteiger partial charge is 0.466 e. The van der Waals surface area contributed by atoms with Crippen LogP contribution in [0.25, 0.3) is 0 Å². The molecule has 1 atom stereocenters. The number of esters is 1. The molecule has 0 spiro atoms. The highest BCUT2D eigenvalue weighted by Crippen LogP contribution is 2.27. The van der Waals surface area contributed by atoms with Crippen molar-refractivity contribution in [3.8, 4) is 0 Å². The number of aromatic nitrogens is 2. The van der Waals surface area contributed by atoms with Crippen molar-refractivity contribution in [1.82, 2.24) is 9.97 Å². The summed E-state index contributed by atoms with van der Waals surface area (Å²) in [5.41, 5.74) is 5.95. The first kappa shape index (κ1) is 19.1. The number of piperidine rings is 1. The Morgan fingerprint density at radius 1 is 1.33 bits per heavy atom. The fraction of sp³-hybridized carbons (Fsp3) is 0.389. The lowest BCUT2D eigenvalue weighted by atomic mass is 9.98. The van der Waals surface area contributed by atoms with Gasteiger partial charge in [-0.05, 0) is 31.9 Å². The van der Waals surface area contributed by atoms with Gasteiger partial charge in [0.05, 0.1) is 23.6 Å². The number of rotatable bonds is 5. The maximum Gasteiger partial charge on any atom is 0.310 e. The van der Waals surface area contributed by atoms with Crippen molar-refractivity contribution in [2.45, 2.75) is 29.6 Å². The molecule has 0 unspecified atom stereocenters. The van der Waals surface area contributed by atoms with Crippen LogP contribution in [0.15, 0.2) is 46.3 Å². The summed E-state index contributed by atoms with van der Waals surface area (Å²) in [6.45, 7) is 3.20. The summed E-state index contributed by atoms with van der Waals surface area (Å²) in [4.78, 5) is 22.2. The summed E-state index contributed by atoms with van der Waals surface area (Å²) in [7, 11) is -3.79. The summed E-state index contributed by atoms with van der Waals surface area (Å²) < 4.78 is 30.5. The third-order valence-corrected chi connectivity index (χ3v) is 6.22. The second-order valence-corrected chi connectivity index (χ2v) is 8.19. The minimum Gasteiger partial charge on any atom is -0.466 e. The van der Waals surface area contributed by atoms with Crippen molar-refractivity contribution in [3.63, 3.8) is 0 Å². The minimum atomic E-state index is -3.79. The quantitative estimate of drug-likeness (QED) is 0.767. The van der Waals surface area contributed by atoms with E-state index < -0.39 is 9.84 Å².